The van der Waals surface area contributed by atoms with E-state index in [9.17, 15) is 4.79 Å². The van der Waals surface area contributed by atoms with Crippen LogP contribution in [0.3, 0.4) is 0 Å². The molecule has 2 aromatic rings. The number of nitrogens with zero attached hydrogens (tertiary/aromatic N) is 1. The Morgan fingerprint density at radius 2 is 2.00 bits per heavy atom. The van der Waals surface area contributed by atoms with E-state index >= 15 is 0 Å². The molecule has 4 aliphatic rings. The molecule has 0 spiro atoms. The number of carbonyl (C=O) groups is 1. The summed E-state index contributed by atoms with van der Waals surface area (Å²) in [5, 5.41) is 5.01. The highest BCUT2D eigenvalue weighted by Gasteiger charge is 2.48. The van der Waals surface area contributed by atoms with Crippen molar-refractivity contribution in [3.8, 4) is 5.75 Å². The summed E-state index contributed by atoms with van der Waals surface area (Å²) in [6.07, 6.45) is 4.80. The minimum absolute atomic E-state index is 0.0110. The standard InChI is InChI=1S/C21H25ClN2O2S/c1-21(2)19(12-7-9-24(21)10-8-12)23-20(25)16-11-13-3-6-15(22)17(18(13)27-16)26-14-4-5-14/h3,6,11-12,14,19H,4-5,7-10H2,1-2H3,(H,23,25)/t19-/m1/s1. The molecule has 4 heterocycles. The lowest BCUT2D eigenvalue weighted by molar-refractivity contribution is -0.0377. The van der Waals surface area contributed by atoms with Crippen LogP contribution in [0.2, 0.25) is 5.02 Å². The van der Waals surface area contributed by atoms with E-state index in [1.165, 1.54) is 24.2 Å². The summed E-state index contributed by atoms with van der Waals surface area (Å²) in [6, 6.07) is 6.01. The van der Waals surface area contributed by atoms with Crippen LogP contribution in [0.5, 0.6) is 5.75 Å². The van der Waals surface area contributed by atoms with Crippen molar-refractivity contribution in [2.24, 2.45) is 5.92 Å². The van der Waals surface area contributed by atoms with E-state index in [-0.39, 0.29) is 23.6 Å². The van der Waals surface area contributed by atoms with E-state index in [4.69, 9.17) is 16.3 Å². The first kappa shape index (κ1) is 17.8. The molecular weight excluding hydrogens is 380 g/mol. The lowest BCUT2D eigenvalue weighted by Crippen LogP contribution is -2.69. The van der Waals surface area contributed by atoms with Crippen molar-refractivity contribution in [1.82, 2.24) is 10.2 Å². The average Bonchev–Trinajstić information content (AvgIpc) is 3.36. The van der Waals surface area contributed by atoms with Crippen molar-refractivity contribution >= 4 is 38.9 Å². The van der Waals surface area contributed by atoms with Crippen LogP contribution in [0.15, 0.2) is 18.2 Å². The monoisotopic (exact) mass is 404 g/mol. The van der Waals surface area contributed by atoms with E-state index in [2.05, 4.69) is 24.1 Å². The first-order valence-electron chi connectivity index (χ1n) is 9.88. The van der Waals surface area contributed by atoms with Gasteiger partial charge >= 0.3 is 0 Å². The Morgan fingerprint density at radius 3 is 2.67 bits per heavy atom. The summed E-state index contributed by atoms with van der Waals surface area (Å²) in [6.45, 7) is 6.81. The molecule has 1 aliphatic carbocycles. The summed E-state index contributed by atoms with van der Waals surface area (Å²) in [5.74, 6) is 1.34. The second-order valence-corrected chi connectivity index (χ2v) is 10.1. The highest BCUT2D eigenvalue weighted by Crippen LogP contribution is 2.42. The summed E-state index contributed by atoms with van der Waals surface area (Å²) in [5.41, 5.74) is 0.0110. The predicted molar refractivity (Wildman–Crippen MR) is 110 cm³/mol. The van der Waals surface area contributed by atoms with E-state index in [0.717, 1.165) is 46.6 Å². The second-order valence-electron chi connectivity index (χ2n) is 8.65. The molecule has 1 aromatic carbocycles. The maximum absolute atomic E-state index is 13.1. The van der Waals surface area contributed by atoms with Crippen molar-refractivity contribution in [1.29, 1.82) is 0 Å². The van der Waals surface area contributed by atoms with E-state index in [1.54, 1.807) is 0 Å². The van der Waals surface area contributed by atoms with E-state index in [0.29, 0.717) is 10.9 Å². The molecule has 0 unspecified atom stereocenters. The Morgan fingerprint density at radius 1 is 1.26 bits per heavy atom. The molecule has 4 nitrogen and oxygen atoms in total. The number of hydrogen-bond donors (Lipinski definition) is 1. The maximum Gasteiger partial charge on any atom is 0.261 e. The fourth-order valence-electron chi connectivity index (χ4n) is 4.72. The van der Waals surface area contributed by atoms with Crippen molar-refractivity contribution in [3.63, 3.8) is 0 Å². The topological polar surface area (TPSA) is 41.6 Å². The number of hydrogen-bond acceptors (Lipinski definition) is 4. The molecular formula is C21H25ClN2O2S. The molecule has 3 aliphatic heterocycles. The number of fused-ring (bicyclic) bond motifs is 4. The van der Waals surface area contributed by atoms with Gasteiger partial charge in [0.2, 0.25) is 0 Å². The SMILES string of the molecule is CC1(C)[C@H](NC(=O)c2cc3ccc(Cl)c(OC4CC4)c3s2)C2CCN1CC2. The van der Waals surface area contributed by atoms with Crippen LogP contribution in [0, 0.1) is 5.92 Å². The third kappa shape index (κ3) is 3.04. The molecule has 1 N–H and O–H groups in total. The number of benzene rings is 1. The highest BCUT2D eigenvalue weighted by molar-refractivity contribution is 7.21. The molecule has 144 valence electrons. The van der Waals surface area contributed by atoms with Gasteiger partial charge in [0.05, 0.1) is 20.7 Å². The molecule has 1 atom stereocenters. The van der Waals surface area contributed by atoms with Gasteiger partial charge in [-0.15, -0.1) is 11.3 Å². The average molecular weight is 405 g/mol. The van der Waals surface area contributed by atoms with Crippen molar-refractivity contribution in [3.05, 3.63) is 28.1 Å². The van der Waals surface area contributed by atoms with Gasteiger partial charge in [-0.3, -0.25) is 9.69 Å². The van der Waals surface area contributed by atoms with Crippen LogP contribution in [0.1, 0.15) is 49.2 Å². The zero-order valence-corrected chi connectivity index (χ0v) is 17.3. The Labute approximate surface area is 168 Å². The lowest BCUT2D eigenvalue weighted by atomic mass is 9.72. The molecule has 6 rings (SSSR count). The number of halogens is 1. The van der Waals surface area contributed by atoms with Gasteiger partial charge < -0.3 is 10.1 Å². The van der Waals surface area contributed by atoms with Gasteiger partial charge in [0.25, 0.3) is 5.91 Å². The van der Waals surface area contributed by atoms with E-state index in [1.807, 2.05) is 18.2 Å². The van der Waals surface area contributed by atoms with Gasteiger partial charge in [-0.1, -0.05) is 17.7 Å². The fourth-order valence-corrected chi connectivity index (χ4v) is 6.03. The number of carbonyl (C=O) groups excluding carboxylic acids is 1. The minimum Gasteiger partial charge on any atom is -0.487 e. The van der Waals surface area contributed by atoms with Crippen LogP contribution in [0.25, 0.3) is 10.1 Å². The molecule has 27 heavy (non-hydrogen) atoms. The van der Waals surface area contributed by atoms with Crippen LogP contribution in [-0.4, -0.2) is 41.6 Å². The summed E-state index contributed by atoms with van der Waals surface area (Å²) >= 11 is 7.86. The van der Waals surface area contributed by atoms with Gasteiger partial charge in [0, 0.05) is 11.6 Å². The smallest absolute Gasteiger partial charge is 0.261 e. The first-order valence-corrected chi connectivity index (χ1v) is 11.1. The molecule has 2 bridgehead atoms. The zero-order valence-electron chi connectivity index (χ0n) is 15.8. The lowest BCUT2D eigenvalue weighted by Gasteiger charge is -2.56. The van der Waals surface area contributed by atoms with Crippen LogP contribution in [0.4, 0.5) is 0 Å². The normalized spacial score (nSPS) is 29.1. The second kappa shape index (κ2) is 6.36. The van der Waals surface area contributed by atoms with Gasteiger partial charge in [-0.2, -0.15) is 0 Å². The summed E-state index contributed by atoms with van der Waals surface area (Å²) < 4.78 is 7.01. The summed E-state index contributed by atoms with van der Waals surface area (Å²) in [4.78, 5) is 16.3. The molecule has 3 saturated heterocycles. The minimum atomic E-state index is 0.0110. The number of amides is 1. The summed E-state index contributed by atoms with van der Waals surface area (Å²) in [7, 11) is 0. The van der Waals surface area contributed by atoms with Crippen LogP contribution < -0.4 is 10.1 Å². The molecule has 1 saturated carbocycles. The number of ether oxygens (including phenoxy) is 1. The molecule has 1 aromatic heterocycles. The zero-order chi connectivity index (χ0) is 18.8. The fraction of sp³-hybridized carbons (Fsp3) is 0.571. The number of nitrogens with one attached hydrogen (secondary N) is 1. The molecule has 6 heteroatoms. The number of rotatable bonds is 4. The van der Waals surface area contributed by atoms with Gasteiger partial charge in [0.1, 0.15) is 0 Å². The van der Waals surface area contributed by atoms with Crippen molar-refractivity contribution in [2.45, 2.75) is 57.2 Å². The largest absolute Gasteiger partial charge is 0.487 e. The van der Waals surface area contributed by atoms with Gasteiger partial charge in [-0.25, -0.2) is 0 Å². The van der Waals surface area contributed by atoms with Crippen LogP contribution in [-0.2, 0) is 0 Å². The third-order valence-electron chi connectivity index (χ3n) is 6.50. The molecule has 0 radical (unpaired) electrons. The highest BCUT2D eigenvalue weighted by atomic mass is 35.5. The van der Waals surface area contributed by atoms with Crippen LogP contribution >= 0.6 is 22.9 Å². The molecule has 4 fully saturated rings. The number of thiophene rings is 1. The number of piperidine rings is 3. The predicted octanol–water partition coefficient (Wildman–Crippen LogP) is 4.70. The van der Waals surface area contributed by atoms with Crippen molar-refractivity contribution < 1.29 is 9.53 Å². The third-order valence-corrected chi connectivity index (χ3v) is 7.95. The quantitative estimate of drug-likeness (QED) is 0.803. The van der Waals surface area contributed by atoms with E-state index < -0.39 is 0 Å². The molecule has 1 amide bonds. The van der Waals surface area contributed by atoms with Gasteiger partial charge in [-0.05, 0) is 76.1 Å². The Kier molecular flexibility index (Phi) is 4.19. The first-order chi connectivity index (χ1) is 12.9. The Bertz CT molecular complexity index is 897. The van der Waals surface area contributed by atoms with Gasteiger partial charge in [0.15, 0.2) is 5.75 Å². The maximum atomic E-state index is 13.1. The Hall–Kier alpha value is -1.30. The van der Waals surface area contributed by atoms with Crippen molar-refractivity contribution in [2.75, 3.05) is 13.1 Å². The Balaban J connectivity index is 1.42.